The summed E-state index contributed by atoms with van der Waals surface area (Å²) in [6, 6.07) is 6.55. The normalized spacial score (nSPS) is 21.5. The van der Waals surface area contributed by atoms with E-state index in [0.29, 0.717) is 28.6 Å². The maximum absolute atomic E-state index is 13.3. The maximum atomic E-state index is 13.3. The lowest BCUT2D eigenvalue weighted by Crippen LogP contribution is -2.48. The summed E-state index contributed by atoms with van der Waals surface area (Å²) in [7, 11) is 3.87. The van der Waals surface area contributed by atoms with Gasteiger partial charge in [0, 0.05) is 59.4 Å². The molecule has 2 aromatic heterocycles. The molecule has 1 unspecified atom stereocenters. The number of carbonyl (C=O) groups is 3. The highest BCUT2D eigenvalue weighted by Gasteiger charge is 2.38. The predicted molar refractivity (Wildman–Crippen MR) is 141 cm³/mol. The Balaban J connectivity index is 1.33. The van der Waals surface area contributed by atoms with E-state index < -0.39 is 6.09 Å². The van der Waals surface area contributed by atoms with E-state index in [0.717, 1.165) is 41.0 Å². The molecule has 5 rings (SSSR count). The van der Waals surface area contributed by atoms with E-state index in [-0.39, 0.29) is 36.4 Å². The van der Waals surface area contributed by atoms with Crippen molar-refractivity contribution in [2.45, 2.75) is 37.9 Å². The van der Waals surface area contributed by atoms with Crippen LogP contribution in [0.4, 0.5) is 4.79 Å². The molecule has 196 valence electrons. The second kappa shape index (κ2) is 10.3. The van der Waals surface area contributed by atoms with E-state index in [9.17, 15) is 14.4 Å². The molecule has 0 bridgehead atoms. The van der Waals surface area contributed by atoms with Gasteiger partial charge in [0.05, 0.1) is 12.3 Å². The van der Waals surface area contributed by atoms with Gasteiger partial charge in [-0.3, -0.25) is 9.59 Å². The lowest BCUT2D eigenvalue weighted by atomic mass is 10.1. The minimum Gasteiger partial charge on any atom is -0.449 e. The highest BCUT2D eigenvalue weighted by atomic mass is 35.5. The summed E-state index contributed by atoms with van der Waals surface area (Å²) in [6.07, 6.45) is 1.03. The molecule has 12 heteroatoms. The Morgan fingerprint density at radius 3 is 2.62 bits per heavy atom. The molecular formula is C25H29ClN6O4S. The van der Waals surface area contributed by atoms with Crippen molar-refractivity contribution in [3.05, 3.63) is 50.6 Å². The monoisotopic (exact) mass is 544 g/mol. The summed E-state index contributed by atoms with van der Waals surface area (Å²) in [5, 5.41) is 8.04. The molecule has 1 aliphatic heterocycles. The molecule has 3 amide bonds. The summed E-state index contributed by atoms with van der Waals surface area (Å²) in [4.78, 5) is 45.5. The van der Waals surface area contributed by atoms with Crippen LogP contribution < -0.4 is 16.4 Å². The van der Waals surface area contributed by atoms with Crippen LogP contribution in [0.25, 0.3) is 10.9 Å². The quantitative estimate of drug-likeness (QED) is 0.437. The molecular weight excluding hydrogens is 516 g/mol. The zero-order chi connectivity index (χ0) is 26.3. The fourth-order valence-corrected chi connectivity index (χ4v) is 6.50. The van der Waals surface area contributed by atoms with Crippen LogP contribution in [0.1, 0.15) is 43.7 Å². The highest BCUT2D eigenvalue weighted by Crippen LogP contribution is 2.29. The van der Waals surface area contributed by atoms with E-state index in [1.54, 1.807) is 12.1 Å². The molecule has 3 aromatic rings. The van der Waals surface area contributed by atoms with Crippen molar-refractivity contribution in [1.82, 2.24) is 25.1 Å². The number of rotatable bonds is 6. The third kappa shape index (κ3) is 5.43. The third-order valence-electron chi connectivity index (χ3n) is 7.11. The lowest BCUT2D eigenvalue weighted by molar-refractivity contribution is 0.0887. The first-order valence-corrected chi connectivity index (χ1v) is 13.3. The fourth-order valence-electron chi connectivity index (χ4n) is 5.23. The van der Waals surface area contributed by atoms with Crippen molar-refractivity contribution in [2.24, 2.45) is 18.7 Å². The third-order valence-corrected chi connectivity index (χ3v) is 8.42. The van der Waals surface area contributed by atoms with E-state index in [1.807, 2.05) is 30.8 Å². The van der Waals surface area contributed by atoms with Crippen molar-refractivity contribution < 1.29 is 19.1 Å². The Morgan fingerprint density at radius 1 is 1.16 bits per heavy atom. The number of aryl methyl sites for hydroxylation is 1. The number of halogens is 1. The van der Waals surface area contributed by atoms with Crippen LogP contribution in [0.15, 0.2) is 24.3 Å². The van der Waals surface area contributed by atoms with E-state index in [2.05, 4.69) is 20.5 Å². The molecule has 1 saturated carbocycles. The number of nitrogens with zero attached hydrogens (tertiary/aromatic N) is 3. The summed E-state index contributed by atoms with van der Waals surface area (Å²) >= 11 is 7.53. The highest BCUT2D eigenvalue weighted by molar-refractivity contribution is 7.13. The van der Waals surface area contributed by atoms with Gasteiger partial charge in [-0.25, -0.2) is 9.78 Å². The average Bonchev–Trinajstić information content (AvgIpc) is 3.53. The number of nitrogens with two attached hydrogens (primary N) is 1. The van der Waals surface area contributed by atoms with Crippen LogP contribution in [-0.4, -0.2) is 64.6 Å². The van der Waals surface area contributed by atoms with Gasteiger partial charge in [0.1, 0.15) is 5.69 Å². The number of primary amides is 1. The molecule has 3 atom stereocenters. The number of ether oxygens (including phenoxy) is 1. The number of thiazole rings is 1. The van der Waals surface area contributed by atoms with Crippen LogP contribution in [0.3, 0.4) is 0 Å². The second-order valence-corrected chi connectivity index (χ2v) is 11.3. The molecule has 1 fully saturated rings. The molecule has 0 spiro atoms. The molecule has 4 N–H and O–H groups in total. The molecule has 10 nitrogen and oxygen atoms in total. The first kappa shape index (κ1) is 25.5. The fraction of sp³-hybridized carbons (Fsp3) is 0.440. The molecule has 0 radical (unpaired) electrons. The summed E-state index contributed by atoms with van der Waals surface area (Å²) in [6.45, 7) is 1.82. The van der Waals surface area contributed by atoms with Gasteiger partial charge < -0.3 is 30.6 Å². The Bertz CT molecular complexity index is 1370. The predicted octanol–water partition coefficient (Wildman–Crippen LogP) is 2.68. The number of benzene rings is 1. The number of likely N-dealkylation sites (N-methyl/N-ethyl adjacent to an activating group) is 1. The number of carbonyl (C=O) groups excluding carboxylic acids is 3. The number of aromatic nitrogens is 2. The molecule has 37 heavy (non-hydrogen) atoms. The van der Waals surface area contributed by atoms with Gasteiger partial charge in [-0.2, -0.15) is 0 Å². The van der Waals surface area contributed by atoms with Gasteiger partial charge in [0.15, 0.2) is 5.01 Å². The van der Waals surface area contributed by atoms with Gasteiger partial charge in [0.25, 0.3) is 11.8 Å². The summed E-state index contributed by atoms with van der Waals surface area (Å²) in [5.41, 5.74) is 7.50. The summed E-state index contributed by atoms with van der Waals surface area (Å²) in [5.74, 6) is -0.585. The molecule has 1 aliphatic carbocycles. The SMILES string of the molecule is CN1CCc2nc(C(=O)N[C@@H]3CC(COC(N)=O)C[C@H]3NC(=O)c3cc4cc(Cl)ccc4n3C)sc2C1. The topological polar surface area (TPSA) is 132 Å². The number of amides is 3. The molecule has 1 aromatic carbocycles. The van der Waals surface area contributed by atoms with Gasteiger partial charge in [-0.1, -0.05) is 11.6 Å². The van der Waals surface area contributed by atoms with Crippen molar-refractivity contribution in [2.75, 3.05) is 20.2 Å². The molecule has 3 heterocycles. The van der Waals surface area contributed by atoms with Crippen molar-refractivity contribution in [1.29, 1.82) is 0 Å². The zero-order valence-electron chi connectivity index (χ0n) is 20.6. The summed E-state index contributed by atoms with van der Waals surface area (Å²) < 4.78 is 6.83. The van der Waals surface area contributed by atoms with Crippen molar-refractivity contribution in [3.8, 4) is 0 Å². The first-order valence-electron chi connectivity index (χ1n) is 12.1. The Kier molecular flexibility index (Phi) is 7.11. The van der Waals surface area contributed by atoms with Gasteiger partial charge in [0.2, 0.25) is 0 Å². The molecule has 2 aliphatic rings. The van der Waals surface area contributed by atoms with E-state index >= 15 is 0 Å². The van der Waals surface area contributed by atoms with Gasteiger partial charge in [-0.15, -0.1) is 11.3 Å². The minimum atomic E-state index is -0.847. The number of hydrogen-bond acceptors (Lipinski definition) is 7. The minimum absolute atomic E-state index is 0.0625. The van der Waals surface area contributed by atoms with Gasteiger partial charge >= 0.3 is 6.09 Å². The van der Waals surface area contributed by atoms with Crippen LogP contribution in [0.2, 0.25) is 5.02 Å². The van der Waals surface area contributed by atoms with Crippen molar-refractivity contribution in [3.63, 3.8) is 0 Å². The zero-order valence-corrected chi connectivity index (χ0v) is 22.2. The number of nitrogens with one attached hydrogen (secondary N) is 2. The smallest absolute Gasteiger partial charge is 0.404 e. The van der Waals surface area contributed by atoms with E-state index in [1.165, 1.54) is 11.3 Å². The maximum Gasteiger partial charge on any atom is 0.404 e. The number of hydrogen-bond donors (Lipinski definition) is 3. The standard InChI is InChI=1S/C25H29ClN6O4S/c1-31-6-5-16-21(11-31)37-24(30-16)23(34)29-18-8-13(12-36-25(27)35)7-17(18)28-22(33)20-10-14-9-15(26)3-4-19(14)32(20)2/h3-4,9-10,13,17-18H,5-8,11-12H2,1-2H3,(H2,27,35)(H,28,33)(H,29,34)/t13?,17-,18-/m1/s1. The first-order chi connectivity index (χ1) is 17.7. The second-order valence-electron chi connectivity index (χ2n) is 9.80. The van der Waals surface area contributed by atoms with Crippen molar-refractivity contribution >= 4 is 51.7 Å². The Hall–Kier alpha value is -3.15. The Morgan fingerprint density at radius 2 is 1.89 bits per heavy atom. The van der Waals surface area contributed by atoms with Crippen LogP contribution in [-0.2, 0) is 24.8 Å². The number of fused-ring (bicyclic) bond motifs is 2. The van der Waals surface area contributed by atoms with Crippen LogP contribution in [0, 0.1) is 5.92 Å². The Labute approximate surface area is 223 Å². The van der Waals surface area contributed by atoms with Crippen LogP contribution >= 0.6 is 22.9 Å². The van der Waals surface area contributed by atoms with E-state index in [4.69, 9.17) is 22.1 Å². The van der Waals surface area contributed by atoms with Crippen LogP contribution in [0.5, 0.6) is 0 Å². The molecule has 0 saturated heterocycles. The lowest BCUT2D eigenvalue weighted by Gasteiger charge is -2.22. The largest absolute Gasteiger partial charge is 0.449 e. The average molecular weight is 545 g/mol. The van der Waals surface area contributed by atoms with Gasteiger partial charge in [-0.05, 0) is 50.1 Å².